The van der Waals surface area contributed by atoms with Gasteiger partial charge in [0.25, 0.3) is 0 Å². The van der Waals surface area contributed by atoms with Crippen molar-refractivity contribution in [3.05, 3.63) is 71.6 Å². The largest absolute Gasteiger partial charge is 0.444 e. The number of carbonyl (C=O) groups is 2. The fourth-order valence-electron chi connectivity index (χ4n) is 10.6. The van der Waals surface area contributed by atoms with Gasteiger partial charge in [-0.2, -0.15) is 0 Å². The Balaban J connectivity index is 0.000000158. The van der Waals surface area contributed by atoms with Crippen LogP contribution in [0.2, 0.25) is 0 Å². The van der Waals surface area contributed by atoms with Crippen molar-refractivity contribution in [2.75, 3.05) is 19.6 Å². The predicted octanol–water partition coefficient (Wildman–Crippen LogP) is 9.84. The number of benzene rings is 2. The van der Waals surface area contributed by atoms with Crippen molar-refractivity contribution in [1.82, 2.24) is 24.7 Å². The van der Waals surface area contributed by atoms with E-state index in [1.165, 1.54) is 55.0 Å². The molecule has 2 saturated carbocycles. The fraction of sp³-hybridized carbons (Fsp3) is 0.591. The Kier molecular flexibility index (Phi) is 9.91. The first-order valence-electron chi connectivity index (χ1n) is 20.4. The SMILES string of the molecule is CC(C)(C)OC(=O)N1CC[C@@H]2[C@H]1[C@H](c1c[nH]c3cc(F)ccc13)CN2C1CCCC1.CC(C)(C)OC(=O)N1CC[C@H]2CC[C@@H](c3c[nH]c4cc(F)ccc34)[C@H]21. The van der Waals surface area contributed by atoms with Crippen LogP contribution in [0.25, 0.3) is 21.8 Å². The van der Waals surface area contributed by atoms with E-state index in [0.717, 1.165) is 67.1 Å². The van der Waals surface area contributed by atoms with Gasteiger partial charge < -0.3 is 29.2 Å². The van der Waals surface area contributed by atoms with E-state index in [-0.39, 0.29) is 47.7 Å². The second kappa shape index (κ2) is 14.4. The molecule has 0 unspecified atom stereocenters. The maximum absolute atomic E-state index is 13.7. The molecule has 4 aromatic rings. The number of ether oxygens (including phenoxy) is 2. The van der Waals surface area contributed by atoms with Crippen LogP contribution in [0.3, 0.4) is 0 Å². The summed E-state index contributed by atoms with van der Waals surface area (Å²) in [4.78, 5) is 38.8. The molecule has 2 aromatic carbocycles. The minimum atomic E-state index is -0.507. The molecule has 2 amide bonds. The number of nitrogens with one attached hydrogen (secondary N) is 2. The number of rotatable bonds is 3. The van der Waals surface area contributed by atoms with Crippen molar-refractivity contribution in [3.8, 4) is 0 Å². The summed E-state index contributed by atoms with van der Waals surface area (Å²) >= 11 is 0. The number of likely N-dealkylation sites (tertiary alicyclic amines) is 3. The maximum atomic E-state index is 13.7. The highest BCUT2D eigenvalue weighted by molar-refractivity contribution is 5.85. The van der Waals surface area contributed by atoms with Crippen LogP contribution >= 0.6 is 0 Å². The predicted molar refractivity (Wildman–Crippen MR) is 210 cm³/mol. The summed E-state index contributed by atoms with van der Waals surface area (Å²) in [5.41, 5.74) is 3.03. The standard InChI is InChI=1S/C24H32FN3O2.C20H25FN2O2/c1-24(2,3)30-23(29)27-11-10-21-22(27)19(14-28(21)16-6-4-5-7-16)18-13-26-20-12-15(25)8-9-17(18)20;1-20(2,3)25-19(24)23-9-8-12-4-6-15(18(12)23)16-11-22-17-10-13(21)5-7-14(16)17/h8-9,12-13,16,19,21-22,26H,4-7,10-11,14H2,1-3H3;5,7,10-12,15,18,22H,4,6,8-9H2,1-3H3/t19-,21+,22+;12-,15+,18+/m01/s1. The van der Waals surface area contributed by atoms with Crippen molar-refractivity contribution in [1.29, 1.82) is 0 Å². The molecule has 9 rings (SSSR count). The molecule has 5 aliphatic rings. The van der Waals surface area contributed by atoms with Gasteiger partial charge in [-0.05, 0) is 134 Å². The summed E-state index contributed by atoms with van der Waals surface area (Å²) < 4.78 is 38.6. The first-order valence-corrected chi connectivity index (χ1v) is 20.4. The molecule has 2 N–H and O–H groups in total. The lowest BCUT2D eigenvalue weighted by molar-refractivity contribution is 0.0196. The van der Waals surface area contributed by atoms with Gasteiger partial charge in [-0.1, -0.05) is 12.8 Å². The van der Waals surface area contributed by atoms with E-state index in [1.54, 1.807) is 6.07 Å². The summed E-state index contributed by atoms with van der Waals surface area (Å²) in [6.45, 7) is 13.9. The van der Waals surface area contributed by atoms with Crippen molar-refractivity contribution >= 4 is 34.0 Å². The highest BCUT2D eigenvalue weighted by Gasteiger charge is 2.53. The summed E-state index contributed by atoms with van der Waals surface area (Å²) in [7, 11) is 0. The smallest absolute Gasteiger partial charge is 0.410 e. The van der Waals surface area contributed by atoms with E-state index < -0.39 is 11.2 Å². The van der Waals surface area contributed by atoms with E-state index in [9.17, 15) is 18.4 Å². The topological polar surface area (TPSA) is 93.9 Å². The summed E-state index contributed by atoms with van der Waals surface area (Å²) in [5.74, 6) is 0.539. The van der Waals surface area contributed by atoms with Crippen LogP contribution in [0, 0.1) is 17.6 Å². The molecule has 0 radical (unpaired) electrons. The monoisotopic (exact) mass is 757 g/mol. The maximum Gasteiger partial charge on any atom is 0.410 e. The molecule has 55 heavy (non-hydrogen) atoms. The molecule has 0 spiro atoms. The number of aromatic amines is 2. The summed E-state index contributed by atoms with van der Waals surface area (Å²) in [5, 5.41) is 2.12. The van der Waals surface area contributed by atoms with Gasteiger partial charge in [0, 0.05) is 83.8 Å². The lowest BCUT2D eigenvalue weighted by Gasteiger charge is -2.31. The number of halogens is 2. The quantitative estimate of drug-likeness (QED) is 0.217. The van der Waals surface area contributed by atoms with Gasteiger partial charge in [0.2, 0.25) is 0 Å². The molecule has 11 heteroatoms. The van der Waals surface area contributed by atoms with Crippen LogP contribution in [0.1, 0.15) is 116 Å². The Morgan fingerprint density at radius 2 is 1.20 bits per heavy atom. The lowest BCUT2D eigenvalue weighted by atomic mass is 9.91. The van der Waals surface area contributed by atoms with E-state index in [2.05, 4.69) is 14.9 Å². The average molecular weight is 758 g/mol. The van der Waals surface area contributed by atoms with Crippen molar-refractivity contribution in [3.63, 3.8) is 0 Å². The molecule has 5 fully saturated rings. The van der Waals surface area contributed by atoms with Crippen molar-refractivity contribution in [2.45, 2.75) is 140 Å². The van der Waals surface area contributed by atoms with Gasteiger partial charge in [-0.15, -0.1) is 0 Å². The Morgan fingerprint density at radius 1 is 0.673 bits per heavy atom. The van der Waals surface area contributed by atoms with E-state index >= 15 is 0 Å². The molecule has 296 valence electrons. The molecule has 2 aliphatic carbocycles. The van der Waals surface area contributed by atoms with Crippen LogP contribution in [0.4, 0.5) is 18.4 Å². The van der Waals surface area contributed by atoms with Crippen LogP contribution in [0.15, 0.2) is 48.8 Å². The van der Waals surface area contributed by atoms with E-state index in [1.807, 2.05) is 75.9 Å². The van der Waals surface area contributed by atoms with Crippen LogP contribution in [-0.2, 0) is 9.47 Å². The third-order valence-corrected chi connectivity index (χ3v) is 12.7. The van der Waals surface area contributed by atoms with Gasteiger partial charge in [-0.3, -0.25) is 4.90 Å². The van der Waals surface area contributed by atoms with Crippen LogP contribution < -0.4 is 0 Å². The Bertz CT molecular complexity index is 2040. The highest BCUT2D eigenvalue weighted by atomic mass is 19.1. The van der Waals surface area contributed by atoms with Gasteiger partial charge in [-0.25, -0.2) is 18.4 Å². The third-order valence-electron chi connectivity index (χ3n) is 12.7. The molecule has 9 nitrogen and oxygen atoms in total. The molecule has 5 heterocycles. The van der Waals surface area contributed by atoms with Gasteiger partial charge in [0.1, 0.15) is 22.8 Å². The first-order chi connectivity index (χ1) is 26.1. The third kappa shape index (κ3) is 7.45. The van der Waals surface area contributed by atoms with Crippen molar-refractivity contribution < 1.29 is 27.8 Å². The molecule has 3 aliphatic heterocycles. The molecular weight excluding hydrogens is 701 g/mol. The van der Waals surface area contributed by atoms with E-state index in [0.29, 0.717) is 18.0 Å². The van der Waals surface area contributed by atoms with Crippen LogP contribution in [-0.4, -0.2) is 91.9 Å². The van der Waals surface area contributed by atoms with Gasteiger partial charge in [0.05, 0.1) is 6.04 Å². The van der Waals surface area contributed by atoms with Crippen molar-refractivity contribution in [2.24, 2.45) is 5.92 Å². The van der Waals surface area contributed by atoms with E-state index in [4.69, 9.17) is 9.47 Å². The number of hydrogen-bond donors (Lipinski definition) is 2. The van der Waals surface area contributed by atoms with Gasteiger partial charge in [0.15, 0.2) is 0 Å². The second-order valence-electron chi connectivity index (χ2n) is 18.5. The number of amides is 2. The summed E-state index contributed by atoms with van der Waals surface area (Å²) in [6.07, 6.45) is 12.9. The molecule has 0 bridgehead atoms. The Morgan fingerprint density at radius 3 is 1.76 bits per heavy atom. The summed E-state index contributed by atoms with van der Waals surface area (Å²) in [6, 6.07) is 11.1. The Labute approximate surface area is 323 Å². The first kappa shape index (κ1) is 37.8. The minimum absolute atomic E-state index is 0.101. The zero-order chi connectivity index (χ0) is 38.8. The second-order valence-corrected chi connectivity index (χ2v) is 18.5. The number of aromatic nitrogens is 2. The highest BCUT2D eigenvalue weighted by Crippen LogP contribution is 2.49. The normalized spacial score (nSPS) is 27.1. The number of hydrogen-bond acceptors (Lipinski definition) is 5. The zero-order valence-corrected chi connectivity index (χ0v) is 33.2. The molecule has 6 atom stereocenters. The number of carbonyl (C=O) groups excluding carboxylic acids is 2. The van der Waals surface area contributed by atoms with Gasteiger partial charge >= 0.3 is 12.2 Å². The molecule has 2 aromatic heterocycles. The van der Waals surface area contributed by atoms with Crippen LogP contribution in [0.5, 0.6) is 0 Å². The molecular formula is C44H57F2N5O4. The fourth-order valence-corrected chi connectivity index (χ4v) is 10.6. The Hall–Kier alpha value is -4.12. The average Bonchev–Trinajstić information content (AvgIpc) is 3.94. The zero-order valence-electron chi connectivity index (χ0n) is 33.2. The number of nitrogens with zero attached hydrogens (tertiary/aromatic N) is 3. The molecule has 3 saturated heterocycles. The number of H-pyrrole nitrogens is 2. The lowest BCUT2D eigenvalue weighted by Crippen LogP contribution is -2.45. The minimum Gasteiger partial charge on any atom is -0.444 e. The number of fused-ring (bicyclic) bond motifs is 4.